The Morgan fingerprint density at radius 2 is 1.54 bits per heavy atom. The molecule has 1 N–H and O–H groups in total. The standard InChI is InChI=1S/C21H24GeN.C13H24O2.Ir/c1-15(2)20-13-17(12-16-8-6-7-9-19(16)20)21-14-18(10-11-23-21)22(3,4)5;1-5-10(6-2)12(14)9-13(15)11(7-3)8-4;/h6-11,13-15H,1-5H3;9-11,14H,5-8H2,1-4H3;/q-1;;/b;12-9-;. The maximum Gasteiger partial charge on any atom is 0.162 e. The summed E-state index contributed by atoms with van der Waals surface area (Å²) >= 11 is -1.85. The number of carbonyl (C=O) groups is 1. The van der Waals surface area contributed by atoms with Crippen molar-refractivity contribution in [1.29, 1.82) is 0 Å². The van der Waals surface area contributed by atoms with Crippen molar-refractivity contribution in [2.75, 3.05) is 0 Å². The predicted molar refractivity (Wildman–Crippen MR) is 167 cm³/mol. The van der Waals surface area contributed by atoms with Crippen molar-refractivity contribution in [3.05, 3.63) is 72.1 Å². The van der Waals surface area contributed by atoms with Gasteiger partial charge < -0.3 is 5.11 Å². The summed E-state index contributed by atoms with van der Waals surface area (Å²) in [6, 6.07) is 18.9. The second-order valence-electron chi connectivity index (χ2n) is 11.5. The van der Waals surface area contributed by atoms with Crippen molar-refractivity contribution in [2.45, 2.75) is 90.4 Å². The number of carbonyl (C=O) groups excluding carboxylic acids is 1. The number of aliphatic hydroxyl groups excluding tert-OH is 1. The summed E-state index contributed by atoms with van der Waals surface area (Å²) < 4.78 is 1.49. The number of rotatable bonds is 10. The smallest absolute Gasteiger partial charge is 0.162 e. The zero-order valence-electron chi connectivity index (χ0n) is 25.4. The van der Waals surface area contributed by atoms with Gasteiger partial charge in [0.1, 0.15) is 0 Å². The zero-order chi connectivity index (χ0) is 28.5. The van der Waals surface area contributed by atoms with Gasteiger partial charge >= 0.3 is 142 Å². The average molecular weight is 768 g/mol. The quantitative estimate of drug-likeness (QED) is 0.0970. The molecule has 39 heavy (non-hydrogen) atoms. The molecule has 3 aromatic rings. The molecule has 0 aliphatic carbocycles. The van der Waals surface area contributed by atoms with Crippen molar-refractivity contribution in [2.24, 2.45) is 11.8 Å². The van der Waals surface area contributed by atoms with Gasteiger partial charge in [0.2, 0.25) is 0 Å². The van der Waals surface area contributed by atoms with Crippen LogP contribution in [-0.4, -0.2) is 29.1 Å². The summed E-state index contributed by atoms with van der Waals surface area (Å²) in [6.45, 7) is 12.6. The Balaban J connectivity index is 0.000000418. The number of ketones is 1. The molecule has 0 unspecified atom stereocenters. The fourth-order valence-electron chi connectivity index (χ4n) is 4.70. The number of fused-ring (bicyclic) bond motifs is 1. The Labute approximate surface area is 253 Å². The van der Waals surface area contributed by atoms with E-state index < -0.39 is 13.3 Å². The molecule has 0 atom stereocenters. The Hall–Kier alpha value is -1.75. The minimum Gasteiger partial charge on any atom is -0.512 e. The van der Waals surface area contributed by atoms with E-state index in [0.29, 0.717) is 5.92 Å². The Bertz CT molecular complexity index is 1220. The van der Waals surface area contributed by atoms with Gasteiger partial charge in [0.15, 0.2) is 5.78 Å². The minimum absolute atomic E-state index is 0. The second kappa shape index (κ2) is 16.5. The van der Waals surface area contributed by atoms with Gasteiger partial charge in [-0.1, -0.05) is 27.7 Å². The molecule has 2 aromatic carbocycles. The Morgan fingerprint density at radius 1 is 0.949 bits per heavy atom. The summed E-state index contributed by atoms with van der Waals surface area (Å²) in [6.07, 6.45) is 6.86. The van der Waals surface area contributed by atoms with Crippen molar-refractivity contribution in [3.8, 4) is 11.3 Å². The number of benzene rings is 2. The summed E-state index contributed by atoms with van der Waals surface area (Å²) in [5, 5.41) is 12.2. The van der Waals surface area contributed by atoms with Crippen LogP contribution in [0.1, 0.15) is 78.7 Å². The molecule has 0 amide bonds. The van der Waals surface area contributed by atoms with Crippen molar-refractivity contribution >= 4 is 34.2 Å². The third kappa shape index (κ3) is 9.99. The Kier molecular flexibility index (Phi) is 14.9. The molecule has 0 saturated carbocycles. The van der Waals surface area contributed by atoms with Crippen LogP contribution < -0.4 is 4.40 Å². The number of pyridine rings is 1. The molecule has 0 saturated heterocycles. The Morgan fingerprint density at radius 3 is 2.08 bits per heavy atom. The molecule has 1 heterocycles. The van der Waals surface area contributed by atoms with Crippen LogP contribution in [-0.2, 0) is 24.9 Å². The monoisotopic (exact) mass is 769 g/mol. The molecule has 1 radical (unpaired) electrons. The van der Waals surface area contributed by atoms with E-state index in [1.807, 2.05) is 33.9 Å². The molecule has 0 aliphatic heterocycles. The van der Waals surface area contributed by atoms with E-state index >= 15 is 0 Å². The molecular weight excluding hydrogens is 719 g/mol. The van der Waals surface area contributed by atoms with Crippen LogP contribution in [0.5, 0.6) is 0 Å². The molecule has 1 aromatic heterocycles. The summed E-state index contributed by atoms with van der Waals surface area (Å²) in [7, 11) is 0. The summed E-state index contributed by atoms with van der Waals surface area (Å²) in [4.78, 5) is 16.3. The van der Waals surface area contributed by atoms with Crippen LogP contribution in [0.15, 0.2) is 60.5 Å². The van der Waals surface area contributed by atoms with Gasteiger partial charge in [0, 0.05) is 38.0 Å². The number of aliphatic hydroxyl groups is 1. The molecule has 215 valence electrons. The SMILES string of the molecule is CC(C)c1cc(-c2c[c]([Ge]([CH3])([CH3])[CH3])ccn2)[c-]c2ccccc12.CCC(CC)C(=O)/C=C(\O)C(CC)CC.[Ir]. The van der Waals surface area contributed by atoms with Gasteiger partial charge in [-0.25, -0.2) is 0 Å². The number of hydrogen-bond donors (Lipinski definition) is 1. The molecular formula is C34H48GeIrNO2-. The van der Waals surface area contributed by atoms with E-state index in [1.54, 1.807) is 0 Å². The molecule has 0 bridgehead atoms. The van der Waals surface area contributed by atoms with Gasteiger partial charge in [0.05, 0.1) is 5.76 Å². The normalized spacial score (nSPS) is 11.9. The van der Waals surface area contributed by atoms with Gasteiger partial charge in [-0.3, -0.25) is 4.79 Å². The van der Waals surface area contributed by atoms with Crippen molar-refractivity contribution in [3.63, 3.8) is 0 Å². The summed E-state index contributed by atoms with van der Waals surface area (Å²) in [5.41, 5.74) is 3.54. The molecule has 3 nitrogen and oxygen atoms in total. The number of allylic oxidation sites excluding steroid dienone is 2. The van der Waals surface area contributed by atoms with Crippen molar-refractivity contribution < 1.29 is 30.0 Å². The first-order chi connectivity index (χ1) is 18.0. The largest absolute Gasteiger partial charge is 0.512 e. The van der Waals surface area contributed by atoms with E-state index in [1.165, 1.54) is 26.8 Å². The van der Waals surface area contributed by atoms with Crippen LogP contribution in [0.25, 0.3) is 22.0 Å². The number of nitrogens with zero attached hydrogens (tertiary/aromatic N) is 1. The van der Waals surface area contributed by atoms with E-state index in [9.17, 15) is 9.90 Å². The molecule has 5 heteroatoms. The van der Waals surface area contributed by atoms with Crippen LogP contribution in [0.2, 0.25) is 17.3 Å². The molecule has 0 spiro atoms. The van der Waals surface area contributed by atoms with E-state index in [-0.39, 0.29) is 43.5 Å². The first-order valence-electron chi connectivity index (χ1n) is 14.3. The van der Waals surface area contributed by atoms with E-state index in [0.717, 1.165) is 36.9 Å². The van der Waals surface area contributed by atoms with Gasteiger partial charge in [-0.15, -0.1) is 0 Å². The molecule has 3 rings (SSSR count). The molecule has 0 fully saturated rings. The first-order valence-corrected chi connectivity index (χ1v) is 21.7. The topological polar surface area (TPSA) is 50.2 Å². The van der Waals surface area contributed by atoms with Crippen LogP contribution >= 0.6 is 0 Å². The predicted octanol–water partition coefficient (Wildman–Crippen LogP) is 9.24. The van der Waals surface area contributed by atoms with Gasteiger partial charge in [-0.05, 0) is 25.7 Å². The second-order valence-corrected chi connectivity index (χ2v) is 22.2. The number of aromatic nitrogens is 1. The molecule has 0 aliphatic rings. The average Bonchev–Trinajstić information content (AvgIpc) is 2.89. The fourth-order valence-corrected chi connectivity index (χ4v) is 7.10. The third-order valence-electron chi connectivity index (χ3n) is 7.41. The van der Waals surface area contributed by atoms with Crippen LogP contribution in [0.3, 0.4) is 0 Å². The van der Waals surface area contributed by atoms with Crippen molar-refractivity contribution in [1.82, 2.24) is 4.98 Å². The van der Waals surface area contributed by atoms with E-state index in [4.69, 9.17) is 0 Å². The zero-order valence-corrected chi connectivity index (χ0v) is 29.9. The van der Waals surface area contributed by atoms with Crippen LogP contribution in [0.4, 0.5) is 0 Å². The number of hydrogen-bond acceptors (Lipinski definition) is 3. The van der Waals surface area contributed by atoms with Gasteiger partial charge in [-0.2, -0.15) is 0 Å². The first kappa shape index (κ1) is 35.3. The van der Waals surface area contributed by atoms with Gasteiger partial charge in [0.25, 0.3) is 0 Å². The third-order valence-corrected chi connectivity index (χ3v) is 11.7. The maximum absolute atomic E-state index is 11.7. The summed E-state index contributed by atoms with van der Waals surface area (Å²) in [5.74, 6) is 8.29. The fraction of sp³-hybridized carbons (Fsp3) is 0.471. The minimum atomic E-state index is -1.85. The van der Waals surface area contributed by atoms with E-state index in [2.05, 4.69) is 84.6 Å². The maximum atomic E-state index is 11.7. The van der Waals surface area contributed by atoms with Crippen LogP contribution in [0, 0.1) is 17.9 Å².